The van der Waals surface area contributed by atoms with Crippen LogP contribution in [-0.2, 0) is 0 Å². The van der Waals surface area contributed by atoms with Gasteiger partial charge in [0.15, 0.2) is 0 Å². The molecular weight excluding hydrogens is 314 g/mol. The Balaban J connectivity index is 2.06. The molecule has 94 valence electrons. The maximum atomic E-state index is 6.35. The van der Waals surface area contributed by atoms with E-state index in [1.165, 1.54) is 0 Å². The van der Waals surface area contributed by atoms with Gasteiger partial charge in [0.25, 0.3) is 0 Å². The van der Waals surface area contributed by atoms with Crippen LogP contribution < -0.4 is 10.2 Å². The van der Waals surface area contributed by atoms with Crippen LogP contribution in [0.4, 0.5) is 5.82 Å². The van der Waals surface area contributed by atoms with Crippen LogP contribution in [0.15, 0.2) is 28.7 Å². The molecule has 1 aliphatic heterocycles. The highest BCUT2D eigenvalue weighted by Gasteiger charge is 2.15. The minimum absolute atomic E-state index is 0.725. The molecule has 0 radical (unpaired) electrons. The summed E-state index contributed by atoms with van der Waals surface area (Å²) in [7, 11) is 0. The third-order valence-electron chi connectivity index (χ3n) is 3.13. The van der Waals surface area contributed by atoms with E-state index in [9.17, 15) is 0 Å². The van der Waals surface area contributed by atoms with Crippen molar-refractivity contribution in [1.82, 2.24) is 10.3 Å². The van der Waals surface area contributed by atoms with Crippen molar-refractivity contribution >= 4 is 44.3 Å². The molecule has 18 heavy (non-hydrogen) atoms. The van der Waals surface area contributed by atoms with Crippen molar-refractivity contribution in [2.24, 2.45) is 0 Å². The van der Waals surface area contributed by atoms with Crippen LogP contribution >= 0.6 is 27.5 Å². The maximum Gasteiger partial charge on any atom is 0.148 e. The molecule has 3 nitrogen and oxygen atoms in total. The van der Waals surface area contributed by atoms with E-state index in [0.29, 0.717) is 0 Å². The molecule has 2 aromatic rings. The number of fused-ring (bicyclic) bond motifs is 1. The summed E-state index contributed by atoms with van der Waals surface area (Å²) in [5.74, 6) is 0.896. The molecular formula is C13H13BrClN3. The fraction of sp³-hybridized carbons (Fsp3) is 0.308. The van der Waals surface area contributed by atoms with Crippen LogP contribution in [0.1, 0.15) is 0 Å². The van der Waals surface area contributed by atoms with Crippen LogP contribution in [0.5, 0.6) is 0 Å². The Hall–Kier alpha value is -0.840. The summed E-state index contributed by atoms with van der Waals surface area (Å²) in [4.78, 5) is 6.92. The van der Waals surface area contributed by atoms with E-state index in [-0.39, 0.29) is 0 Å². The Morgan fingerprint density at radius 3 is 2.78 bits per heavy atom. The summed E-state index contributed by atoms with van der Waals surface area (Å²) in [6, 6.07) is 8.05. The number of aromatic nitrogens is 1. The van der Waals surface area contributed by atoms with Gasteiger partial charge in [-0.15, -0.1) is 0 Å². The first-order valence-electron chi connectivity index (χ1n) is 5.95. The molecule has 0 atom stereocenters. The molecule has 0 aliphatic carbocycles. The fourth-order valence-corrected chi connectivity index (χ4v) is 2.87. The molecule has 1 saturated heterocycles. The van der Waals surface area contributed by atoms with E-state index in [1.807, 2.05) is 24.3 Å². The Morgan fingerprint density at radius 1 is 1.22 bits per heavy atom. The quantitative estimate of drug-likeness (QED) is 0.873. The number of halogens is 2. The molecule has 0 amide bonds. The molecule has 1 fully saturated rings. The van der Waals surface area contributed by atoms with E-state index in [4.69, 9.17) is 11.6 Å². The molecule has 3 rings (SSSR count). The number of hydrogen-bond donors (Lipinski definition) is 1. The van der Waals surface area contributed by atoms with Gasteiger partial charge in [0.05, 0.1) is 10.5 Å². The topological polar surface area (TPSA) is 28.2 Å². The number of nitrogens with one attached hydrogen (secondary N) is 1. The van der Waals surface area contributed by atoms with Gasteiger partial charge >= 0.3 is 0 Å². The first-order chi connectivity index (χ1) is 8.74. The van der Waals surface area contributed by atoms with Crippen LogP contribution in [0, 0.1) is 0 Å². The minimum Gasteiger partial charge on any atom is -0.353 e. The second kappa shape index (κ2) is 5.03. The molecule has 0 saturated carbocycles. The van der Waals surface area contributed by atoms with Gasteiger partial charge in [-0.1, -0.05) is 27.5 Å². The smallest absolute Gasteiger partial charge is 0.148 e. The van der Waals surface area contributed by atoms with Crippen molar-refractivity contribution in [1.29, 1.82) is 0 Å². The molecule has 0 bridgehead atoms. The molecule has 2 heterocycles. The predicted octanol–water partition coefficient (Wildman–Crippen LogP) is 3.06. The highest BCUT2D eigenvalue weighted by molar-refractivity contribution is 9.10. The van der Waals surface area contributed by atoms with E-state index in [2.05, 4.69) is 31.1 Å². The lowest BCUT2D eigenvalue weighted by Crippen LogP contribution is -2.44. The standard InChI is InChI=1S/C13H13BrClN3/c14-10-1-2-12-9(7-10)8-11(15)13(17-12)18-5-3-16-4-6-18/h1-2,7-8,16H,3-6H2. The van der Waals surface area contributed by atoms with Crippen molar-refractivity contribution in [2.75, 3.05) is 31.1 Å². The third-order valence-corrected chi connectivity index (χ3v) is 3.90. The van der Waals surface area contributed by atoms with Gasteiger partial charge in [0.1, 0.15) is 5.82 Å². The van der Waals surface area contributed by atoms with Crippen LogP contribution in [-0.4, -0.2) is 31.2 Å². The van der Waals surface area contributed by atoms with E-state index in [0.717, 1.165) is 52.4 Å². The summed E-state index contributed by atoms with van der Waals surface area (Å²) in [6.07, 6.45) is 0. The van der Waals surface area contributed by atoms with Gasteiger partial charge in [0, 0.05) is 36.0 Å². The molecule has 1 aromatic heterocycles. The van der Waals surface area contributed by atoms with Gasteiger partial charge in [-0.05, 0) is 24.3 Å². The Labute approximate surface area is 119 Å². The van der Waals surface area contributed by atoms with Crippen LogP contribution in [0.25, 0.3) is 10.9 Å². The number of nitrogens with zero attached hydrogens (tertiary/aromatic N) is 2. The molecule has 5 heteroatoms. The lowest BCUT2D eigenvalue weighted by molar-refractivity contribution is 0.585. The van der Waals surface area contributed by atoms with Crippen molar-refractivity contribution in [3.63, 3.8) is 0 Å². The van der Waals surface area contributed by atoms with Crippen LogP contribution in [0.2, 0.25) is 5.02 Å². The lowest BCUT2D eigenvalue weighted by atomic mass is 10.2. The van der Waals surface area contributed by atoms with E-state index >= 15 is 0 Å². The number of anilines is 1. The second-order valence-electron chi connectivity index (χ2n) is 4.37. The van der Waals surface area contributed by atoms with E-state index in [1.54, 1.807) is 0 Å². The summed E-state index contributed by atoms with van der Waals surface area (Å²) < 4.78 is 1.04. The highest BCUT2D eigenvalue weighted by Crippen LogP contribution is 2.29. The Morgan fingerprint density at radius 2 is 2.00 bits per heavy atom. The molecule has 0 spiro atoms. The first kappa shape index (κ1) is 12.2. The van der Waals surface area contributed by atoms with Crippen molar-refractivity contribution in [2.45, 2.75) is 0 Å². The maximum absolute atomic E-state index is 6.35. The summed E-state index contributed by atoms with van der Waals surface area (Å²) in [6.45, 7) is 3.87. The number of benzene rings is 1. The molecule has 1 N–H and O–H groups in total. The second-order valence-corrected chi connectivity index (χ2v) is 5.69. The molecule has 1 aliphatic rings. The Bertz CT molecular complexity index is 582. The van der Waals surface area contributed by atoms with Gasteiger partial charge in [0.2, 0.25) is 0 Å². The van der Waals surface area contributed by atoms with E-state index < -0.39 is 0 Å². The summed E-state index contributed by atoms with van der Waals surface area (Å²) >= 11 is 9.81. The molecule has 1 aromatic carbocycles. The normalized spacial score (nSPS) is 16.2. The zero-order chi connectivity index (χ0) is 12.5. The largest absolute Gasteiger partial charge is 0.353 e. The number of rotatable bonds is 1. The average molecular weight is 327 g/mol. The lowest BCUT2D eigenvalue weighted by Gasteiger charge is -2.29. The fourth-order valence-electron chi connectivity index (χ4n) is 2.21. The zero-order valence-corrected chi connectivity index (χ0v) is 12.1. The average Bonchev–Trinajstić information content (AvgIpc) is 2.39. The van der Waals surface area contributed by atoms with Crippen molar-refractivity contribution in [3.05, 3.63) is 33.8 Å². The summed E-state index contributed by atoms with van der Waals surface area (Å²) in [5.41, 5.74) is 0.983. The third kappa shape index (κ3) is 2.32. The number of hydrogen-bond acceptors (Lipinski definition) is 3. The minimum atomic E-state index is 0.725. The zero-order valence-electron chi connectivity index (χ0n) is 9.79. The number of pyridine rings is 1. The van der Waals surface area contributed by atoms with Gasteiger partial charge in [-0.25, -0.2) is 4.98 Å². The monoisotopic (exact) mass is 325 g/mol. The van der Waals surface area contributed by atoms with Gasteiger partial charge in [-0.3, -0.25) is 0 Å². The van der Waals surface area contributed by atoms with Gasteiger partial charge < -0.3 is 10.2 Å². The predicted molar refractivity (Wildman–Crippen MR) is 79.5 cm³/mol. The van der Waals surface area contributed by atoms with Crippen LogP contribution in [0.3, 0.4) is 0 Å². The number of piperazine rings is 1. The Kier molecular flexibility index (Phi) is 3.41. The molecule has 0 unspecified atom stereocenters. The highest BCUT2D eigenvalue weighted by atomic mass is 79.9. The van der Waals surface area contributed by atoms with Crippen molar-refractivity contribution < 1.29 is 0 Å². The first-order valence-corrected chi connectivity index (χ1v) is 7.12. The van der Waals surface area contributed by atoms with Crippen molar-refractivity contribution in [3.8, 4) is 0 Å². The SMILES string of the molecule is Clc1cc2cc(Br)ccc2nc1N1CCNCC1. The van der Waals surface area contributed by atoms with Gasteiger partial charge in [-0.2, -0.15) is 0 Å². The summed E-state index contributed by atoms with van der Waals surface area (Å²) in [5, 5.41) is 5.12.